The molecule has 0 atom stereocenters. The number of halogens is 1. The van der Waals surface area contributed by atoms with Crippen LogP contribution in [0, 0.1) is 6.92 Å². The molecule has 0 aliphatic heterocycles. The monoisotopic (exact) mass is 524 g/mol. The lowest BCUT2D eigenvalue weighted by Gasteiger charge is -2.10. The van der Waals surface area contributed by atoms with Crippen LogP contribution in [0.5, 0.6) is 0 Å². The van der Waals surface area contributed by atoms with Crippen molar-refractivity contribution in [1.82, 2.24) is 4.98 Å². The molecule has 5 aromatic rings. The van der Waals surface area contributed by atoms with Crippen LogP contribution in [0.15, 0.2) is 109 Å². The SMILES string of the molecule is CCC(=O)c1ccccc1.Cc1c(-c2ccccc2)nc2ccccc2c1Cl.Nc1ccccc1C(=O)O. The molecule has 0 fully saturated rings. The van der Waals surface area contributed by atoms with Gasteiger partial charge in [0.05, 0.1) is 21.8 Å². The molecule has 4 aromatic carbocycles. The highest BCUT2D eigenvalue weighted by Crippen LogP contribution is 2.32. The zero-order chi connectivity index (χ0) is 27.5. The summed E-state index contributed by atoms with van der Waals surface area (Å²) < 4.78 is 0. The lowest BCUT2D eigenvalue weighted by atomic mass is 10.0. The summed E-state index contributed by atoms with van der Waals surface area (Å²) in [4.78, 5) is 26.1. The number of nitrogen functional groups attached to an aromatic ring is 1. The Morgan fingerprint density at radius 1 is 0.816 bits per heavy atom. The molecule has 0 bridgehead atoms. The molecule has 38 heavy (non-hydrogen) atoms. The second kappa shape index (κ2) is 13.7. The molecule has 5 rings (SSSR count). The van der Waals surface area contributed by atoms with E-state index in [1.165, 1.54) is 6.07 Å². The number of hydrogen-bond acceptors (Lipinski definition) is 4. The molecule has 192 valence electrons. The first-order valence-electron chi connectivity index (χ1n) is 12.1. The van der Waals surface area contributed by atoms with Crippen LogP contribution in [0.2, 0.25) is 5.02 Å². The highest BCUT2D eigenvalue weighted by atomic mass is 35.5. The number of pyridine rings is 1. The van der Waals surface area contributed by atoms with Gasteiger partial charge in [0.25, 0.3) is 0 Å². The lowest BCUT2D eigenvalue weighted by molar-refractivity contribution is 0.0697. The van der Waals surface area contributed by atoms with Crippen LogP contribution in [-0.2, 0) is 0 Å². The van der Waals surface area contributed by atoms with Crippen molar-refractivity contribution in [3.8, 4) is 11.3 Å². The van der Waals surface area contributed by atoms with E-state index in [1.807, 2.05) is 86.6 Å². The first-order valence-corrected chi connectivity index (χ1v) is 12.5. The van der Waals surface area contributed by atoms with Crippen LogP contribution in [0.4, 0.5) is 5.69 Å². The Kier molecular flexibility index (Phi) is 10.1. The summed E-state index contributed by atoms with van der Waals surface area (Å²) in [7, 11) is 0. The molecule has 6 heteroatoms. The highest BCUT2D eigenvalue weighted by molar-refractivity contribution is 6.36. The minimum atomic E-state index is -0.988. The van der Waals surface area contributed by atoms with Gasteiger partial charge in [-0.05, 0) is 30.7 Å². The Morgan fingerprint density at radius 2 is 1.37 bits per heavy atom. The van der Waals surface area contributed by atoms with Crippen LogP contribution >= 0.6 is 11.6 Å². The van der Waals surface area contributed by atoms with E-state index in [4.69, 9.17) is 27.4 Å². The van der Waals surface area contributed by atoms with Crippen molar-refractivity contribution in [2.24, 2.45) is 0 Å². The maximum absolute atomic E-state index is 11.0. The number of anilines is 1. The summed E-state index contributed by atoms with van der Waals surface area (Å²) >= 11 is 6.44. The van der Waals surface area contributed by atoms with Gasteiger partial charge in [-0.25, -0.2) is 9.78 Å². The number of carboxylic acids is 1. The molecule has 0 aliphatic rings. The highest BCUT2D eigenvalue weighted by Gasteiger charge is 2.11. The Morgan fingerprint density at radius 3 is 1.95 bits per heavy atom. The minimum Gasteiger partial charge on any atom is -0.478 e. The number of aromatic carboxylic acids is 1. The maximum Gasteiger partial charge on any atom is 0.337 e. The van der Waals surface area contributed by atoms with Gasteiger partial charge < -0.3 is 10.8 Å². The average molecular weight is 525 g/mol. The van der Waals surface area contributed by atoms with Gasteiger partial charge >= 0.3 is 5.97 Å². The topological polar surface area (TPSA) is 93.3 Å². The predicted octanol–water partition coefficient (Wildman–Crippen LogP) is 8.11. The third kappa shape index (κ3) is 7.28. The van der Waals surface area contributed by atoms with Gasteiger partial charge in [-0.1, -0.05) is 110 Å². The first kappa shape index (κ1) is 28.1. The molecule has 0 aliphatic carbocycles. The standard InChI is InChI=1S/C16H12ClN.C9H10O.C7H7NO2/c1-11-15(17)13-9-5-6-10-14(13)18-16(11)12-7-3-2-4-8-12;1-2-9(10)8-6-4-3-5-7-8;8-6-4-2-1-3-5(6)7(9)10/h2-10H,1H3;3-7H,2H2,1H3;1-4H,8H2,(H,9,10). The fourth-order valence-electron chi connectivity index (χ4n) is 3.66. The molecule has 0 radical (unpaired) electrons. The van der Waals surface area contributed by atoms with E-state index in [-0.39, 0.29) is 11.3 Å². The molecular formula is C32H29ClN2O3. The number of aromatic nitrogens is 1. The fourth-order valence-corrected chi connectivity index (χ4v) is 3.91. The van der Waals surface area contributed by atoms with Gasteiger partial charge in [0.2, 0.25) is 0 Å². The smallest absolute Gasteiger partial charge is 0.337 e. The van der Waals surface area contributed by atoms with Crippen molar-refractivity contribution in [3.63, 3.8) is 0 Å². The summed E-state index contributed by atoms with van der Waals surface area (Å²) in [5.41, 5.74) is 10.6. The second-order valence-electron chi connectivity index (χ2n) is 8.32. The number of benzene rings is 4. The zero-order valence-electron chi connectivity index (χ0n) is 21.3. The van der Waals surface area contributed by atoms with Crippen molar-refractivity contribution in [3.05, 3.63) is 131 Å². The van der Waals surface area contributed by atoms with Gasteiger partial charge in [-0.3, -0.25) is 4.79 Å². The molecule has 0 spiro atoms. The largest absolute Gasteiger partial charge is 0.478 e. The number of para-hydroxylation sites is 2. The first-order chi connectivity index (χ1) is 18.3. The molecule has 3 N–H and O–H groups in total. The lowest BCUT2D eigenvalue weighted by Crippen LogP contribution is -2.00. The van der Waals surface area contributed by atoms with Crippen molar-refractivity contribution in [1.29, 1.82) is 0 Å². The Balaban J connectivity index is 0.000000171. The van der Waals surface area contributed by atoms with Crippen LogP contribution in [0.3, 0.4) is 0 Å². The van der Waals surface area contributed by atoms with Crippen LogP contribution in [-0.4, -0.2) is 21.8 Å². The Hall–Kier alpha value is -4.48. The number of fused-ring (bicyclic) bond motifs is 1. The van der Waals surface area contributed by atoms with Gasteiger partial charge in [0, 0.05) is 28.6 Å². The van der Waals surface area contributed by atoms with Gasteiger partial charge in [0.1, 0.15) is 0 Å². The number of Topliss-reactive ketones (excluding diaryl/α,β-unsaturated/α-hetero) is 1. The van der Waals surface area contributed by atoms with Crippen LogP contribution < -0.4 is 5.73 Å². The van der Waals surface area contributed by atoms with Crippen molar-refractivity contribution >= 4 is 39.9 Å². The predicted molar refractivity (Wildman–Crippen MR) is 156 cm³/mol. The van der Waals surface area contributed by atoms with E-state index < -0.39 is 5.97 Å². The quantitative estimate of drug-likeness (QED) is 0.183. The van der Waals surface area contributed by atoms with E-state index >= 15 is 0 Å². The maximum atomic E-state index is 11.0. The molecule has 0 unspecified atom stereocenters. The summed E-state index contributed by atoms with van der Waals surface area (Å²) in [6.07, 6.45) is 0.587. The summed E-state index contributed by atoms with van der Waals surface area (Å²) in [5, 5.41) is 10.3. The van der Waals surface area contributed by atoms with E-state index in [0.717, 1.165) is 38.3 Å². The minimum absolute atomic E-state index is 0.155. The number of ketones is 1. The molecule has 1 aromatic heterocycles. The third-order valence-corrected chi connectivity index (χ3v) is 6.20. The van der Waals surface area contributed by atoms with E-state index in [0.29, 0.717) is 12.1 Å². The van der Waals surface area contributed by atoms with Gasteiger partial charge in [-0.2, -0.15) is 0 Å². The Bertz CT molecular complexity index is 1520. The van der Waals surface area contributed by atoms with Crippen LogP contribution in [0.25, 0.3) is 22.2 Å². The number of nitrogens with two attached hydrogens (primary N) is 1. The number of carbonyl (C=O) groups is 2. The van der Waals surface area contributed by atoms with Crippen molar-refractivity contribution < 1.29 is 14.7 Å². The fraction of sp³-hybridized carbons (Fsp3) is 0.0938. The molecular weight excluding hydrogens is 496 g/mol. The molecule has 0 saturated carbocycles. The average Bonchev–Trinajstić information content (AvgIpc) is 2.96. The second-order valence-corrected chi connectivity index (χ2v) is 8.70. The molecule has 5 nitrogen and oxygen atoms in total. The molecule has 0 amide bonds. The molecule has 0 saturated heterocycles. The van der Waals surface area contributed by atoms with E-state index in [2.05, 4.69) is 12.1 Å². The number of nitrogens with zero attached hydrogens (tertiary/aromatic N) is 1. The summed E-state index contributed by atoms with van der Waals surface area (Å²) in [6, 6.07) is 33.8. The van der Waals surface area contributed by atoms with Gasteiger partial charge in [-0.15, -0.1) is 0 Å². The summed E-state index contributed by atoms with van der Waals surface area (Å²) in [5.74, 6) is -0.779. The van der Waals surface area contributed by atoms with Crippen molar-refractivity contribution in [2.45, 2.75) is 20.3 Å². The third-order valence-electron chi connectivity index (χ3n) is 5.71. The Labute approximate surface area is 227 Å². The summed E-state index contributed by atoms with van der Waals surface area (Å²) in [6.45, 7) is 3.89. The van der Waals surface area contributed by atoms with E-state index in [1.54, 1.807) is 18.2 Å². The zero-order valence-corrected chi connectivity index (χ0v) is 22.0. The molecule has 1 heterocycles. The van der Waals surface area contributed by atoms with Crippen molar-refractivity contribution in [2.75, 3.05) is 5.73 Å². The van der Waals surface area contributed by atoms with Crippen LogP contribution in [0.1, 0.15) is 39.6 Å². The number of hydrogen-bond donors (Lipinski definition) is 2. The van der Waals surface area contributed by atoms with Gasteiger partial charge in [0.15, 0.2) is 5.78 Å². The number of carboxylic acid groups (broad SMARTS) is 1. The van der Waals surface area contributed by atoms with E-state index in [9.17, 15) is 9.59 Å². The normalized spacial score (nSPS) is 9.97. The number of carbonyl (C=O) groups excluding carboxylic acids is 1. The number of rotatable bonds is 4.